The molecule has 1 aliphatic carbocycles. The van der Waals surface area contributed by atoms with Crippen LogP contribution in [0.1, 0.15) is 23.0 Å². The van der Waals surface area contributed by atoms with E-state index in [0.29, 0.717) is 0 Å². The maximum Gasteiger partial charge on any atom is 0.308 e. The van der Waals surface area contributed by atoms with Crippen LogP contribution < -0.4 is 5.32 Å². The van der Waals surface area contributed by atoms with Crippen LogP contribution in [0.15, 0.2) is 97.1 Å². The van der Waals surface area contributed by atoms with Crippen LogP contribution in [0.4, 0.5) is 11.4 Å². The minimum absolute atomic E-state index is 0.0364. The van der Waals surface area contributed by atoms with Crippen LogP contribution in [-0.2, 0) is 9.59 Å². The highest BCUT2D eigenvalue weighted by atomic mass is 16.6. The monoisotopic (exact) mass is 442 g/mol. The fourth-order valence-corrected chi connectivity index (χ4v) is 4.50. The highest BCUT2D eigenvalue weighted by Crippen LogP contribution is 2.45. The molecule has 0 aromatic heterocycles. The first kappa shape index (κ1) is 22.0. The van der Waals surface area contributed by atoms with Gasteiger partial charge < -0.3 is 10.4 Å². The SMILES string of the molecule is O=C(Nc1ccccc1[N+](=O)[O-])[C@H]1[C@H](C(=O)O)[C@H](c2ccccc2)C=C[C@@H]1c1ccccc1. The number of nitrogens with zero attached hydrogens (tertiary/aromatic N) is 1. The summed E-state index contributed by atoms with van der Waals surface area (Å²) in [6.07, 6.45) is 3.72. The standard InChI is InChI=1S/C26H22N2O5/c29-25(27-21-13-7-8-14-22(21)28(32)33)23-19(17-9-3-1-4-10-17)15-16-20(24(23)26(30)31)18-11-5-2-6-12-18/h1-16,19-20,23-24H,(H,27,29)(H,30,31)/t19-,20+,23-,24-/m1/s1. The van der Waals surface area contributed by atoms with Crippen molar-refractivity contribution in [3.63, 3.8) is 0 Å². The van der Waals surface area contributed by atoms with Crippen LogP contribution in [0.2, 0.25) is 0 Å². The molecule has 1 aliphatic rings. The van der Waals surface area contributed by atoms with E-state index in [2.05, 4.69) is 5.32 Å². The Morgan fingerprint density at radius 1 is 0.758 bits per heavy atom. The van der Waals surface area contributed by atoms with Gasteiger partial charge in [0.05, 0.1) is 16.8 Å². The number of hydrogen-bond acceptors (Lipinski definition) is 4. The van der Waals surface area contributed by atoms with E-state index in [4.69, 9.17) is 0 Å². The van der Waals surface area contributed by atoms with Gasteiger partial charge in [0, 0.05) is 17.9 Å². The molecule has 4 atom stereocenters. The normalized spacial score (nSPS) is 21.8. The highest BCUT2D eigenvalue weighted by Gasteiger charge is 2.46. The lowest BCUT2D eigenvalue weighted by atomic mass is 9.66. The molecular formula is C26H22N2O5. The molecule has 0 fully saturated rings. The number of para-hydroxylation sites is 2. The zero-order valence-electron chi connectivity index (χ0n) is 17.6. The predicted molar refractivity (Wildman–Crippen MR) is 124 cm³/mol. The van der Waals surface area contributed by atoms with Gasteiger partial charge in [0.2, 0.25) is 5.91 Å². The molecule has 1 amide bonds. The van der Waals surface area contributed by atoms with Gasteiger partial charge >= 0.3 is 5.97 Å². The first-order valence-corrected chi connectivity index (χ1v) is 10.5. The van der Waals surface area contributed by atoms with Crippen molar-refractivity contribution >= 4 is 23.3 Å². The van der Waals surface area contributed by atoms with Crippen molar-refractivity contribution in [1.29, 1.82) is 0 Å². The Labute approximate surface area is 190 Å². The molecule has 33 heavy (non-hydrogen) atoms. The average molecular weight is 442 g/mol. The van der Waals surface area contributed by atoms with Crippen molar-refractivity contribution < 1.29 is 19.6 Å². The fraction of sp³-hybridized carbons (Fsp3) is 0.154. The molecule has 7 nitrogen and oxygen atoms in total. The Balaban J connectivity index is 1.79. The Kier molecular flexibility index (Phi) is 6.31. The molecule has 0 bridgehead atoms. The van der Waals surface area contributed by atoms with Crippen LogP contribution in [0.3, 0.4) is 0 Å². The summed E-state index contributed by atoms with van der Waals surface area (Å²) in [5.41, 5.74) is 1.37. The number of benzene rings is 3. The van der Waals surface area contributed by atoms with Crippen molar-refractivity contribution in [2.45, 2.75) is 11.8 Å². The third-order valence-electron chi connectivity index (χ3n) is 6.00. The second kappa shape index (κ2) is 9.48. The molecule has 0 saturated carbocycles. The highest BCUT2D eigenvalue weighted by molar-refractivity contribution is 5.98. The number of carbonyl (C=O) groups excluding carboxylic acids is 1. The molecule has 0 unspecified atom stereocenters. The minimum Gasteiger partial charge on any atom is -0.481 e. The van der Waals surface area contributed by atoms with Gasteiger partial charge in [-0.05, 0) is 17.2 Å². The number of nitro benzene ring substituents is 1. The van der Waals surface area contributed by atoms with Crippen molar-refractivity contribution in [2.24, 2.45) is 11.8 Å². The van der Waals surface area contributed by atoms with Gasteiger partial charge in [-0.2, -0.15) is 0 Å². The predicted octanol–water partition coefficient (Wildman–Crippen LogP) is 4.99. The van der Waals surface area contributed by atoms with Gasteiger partial charge in [-0.1, -0.05) is 84.9 Å². The zero-order valence-corrected chi connectivity index (χ0v) is 17.6. The molecule has 3 aromatic rings. The number of hydrogen-bond donors (Lipinski definition) is 2. The lowest BCUT2D eigenvalue weighted by Crippen LogP contribution is -2.42. The topological polar surface area (TPSA) is 110 Å². The van der Waals surface area contributed by atoms with Gasteiger partial charge in [-0.25, -0.2) is 0 Å². The van der Waals surface area contributed by atoms with E-state index in [9.17, 15) is 24.8 Å². The lowest BCUT2D eigenvalue weighted by molar-refractivity contribution is -0.383. The molecule has 0 aliphatic heterocycles. The molecule has 7 heteroatoms. The molecule has 166 valence electrons. The lowest BCUT2D eigenvalue weighted by Gasteiger charge is -2.37. The van der Waals surface area contributed by atoms with E-state index in [0.717, 1.165) is 11.1 Å². The van der Waals surface area contributed by atoms with Crippen molar-refractivity contribution in [3.05, 3.63) is 118 Å². The van der Waals surface area contributed by atoms with Crippen molar-refractivity contribution in [2.75, 3.05) is 5.32 Å². The summed E-state index contributed by atoms with van der Waals surface area (Å²) >= 11 is 0. The number of allylic oxidation sites excluding steroid dienone is 2. The van der Waals surface area contributed by atoms with Gasteiger partial charge in [0.1, 0.15) is 5.69 Å². The third-order valence-corrected chi connectivity index (χ3v) is 6.00. The summed E-state index contributed by atoms with van der Waals surface area (Å²) in [4.78, 5) is 37.0. The Hall–Kier alpha value is -4.26. The number of aliphatic carboxylic acids is 1. The van der Waals surface area contributed by atoms with E-state index >= 15 is 0 Å². The Bertz CT molecular complexity index is 1190. The molecule has 0 radical (unpaired) electrons. The number of nitrogens with one attached hydrogen (secondary N) is 1. The maximum absolute atomic E-state index is 13.6. The summed E-state index contributed by atoms with van der Waals surface area (Å²) in [6.45, 7) is 0. The molecule has 4 rings (SSSR count). The number of nitro groups is 1. The quantitative estimate of drug-likeness (QED) is 0.318. The van der Waals surface area contributed by atoms with Crippen LogP contribution in [0.25, 0.3) is 0 Å². The number of carboxylic acid groups (broad SMARTS) is 1. The van der Waals surface area contributed by atoms with Crippen LogP contribution in [0.5, 0.6) is 0 Å². The molecule has 0 spiro atoms. The second-order valence-corrected chi connectivity index (χ2v) is 7.91. The van der Waals surface area contributed by atoms with Gasteiger partial charge in [-0.3, -0.25) is 19.7 Å². The minimum atomic E-state index is -1.10. The number of amides is 1. The Morgan fingerprint density at radius 3 is 1.76 bits per heavy atom. The molecular weight excluding hydrogens is 420 g/mol. The van der Waals surface area contributed by atoms with E-state index < -0.39 is 40.5 Å². The number of anilines is 1. The number of carboxylic acids is 1. The largest absolute Gasteiger partial charge is 0.481 e. The number of carbonyl (C=O) groups is 2. The van der Waals surface area contributed by atoms with Gasteiger partial charge in [0.15, 0.2) is 0 Å². The summed E-state index contributed by atoms with van der Waals surface area (Å²) < 4.78 is 0. The van der Waals surface area contributed by atoms with Gasteiger partial charge in [-0.15, -0.1) is 0 Å². The molecule has 0 saturated heterocycles. The first-order valence-electron chi connectivity index (χ1n) is 10.5. The van der Waals surface area contributed by atoms with Crippen LogP contribution in [-0.4, -0.2) is 21.9 Å². The van der Waals surface area contributed by atoms with Crippen LogP contribution in [0, 0.1) is 22.0 Å². The number of rotatable bonds is 6. The van der Waals surface area contributed by atoms with Gasteiger partial charge in [0.25, 0.3) is 5.69 Å². The van der Waals surface area contributed by atoms with E-state index in [1.54, 1.807) is 6.07 Å². The molecule has 0 heterocycles. The maximum atomic E-state index is 13.6. The molecule has 2 N–H and O–H groups in total. The van der Waals surface area contributed by atoms with E-state index in [1.807, 2.05) is 72.8 Å². The van der Waals surface area contributed by atoms with Crippen molar-refractivity contribution in [3.8, 4) is 0 Å². The summed E-state index contributed by atoms with van der Waals surface area (Å²) in [5.74, 6) is -4.75. The average Bonchev–Trinajstić information content (AvgIpc) is 2.84. The van der Waals surface area contributed by atoms with E-state index in [1.165, 1.54) is 18.2 Å². The second-order valence-electron chi connectivity index (χ2n) is 7.91. The third kappa shape index (κ3) is 4.52. The van der Waals surface area contributed by atoms with Crippen molar-refractivity contribution in [1.82, 2.24) is 0 Å². The summed E-state index contributed by atoms with van der Waals surface area (Å²) in [6, 6.07) is 24.2. The van der Waals surface area contributed by atoms with Crippen LogP contribution >= 0.6 is 0 Å². The first-order chi connectivity index (χ1) is 16.0. The summed E-state index contributed by atoms with van der Waals surface area (Å²) in [7, 11) is 0. The Morgan fingerprint density at radius 2 is 1.24 bits per heavy atom. The summed E-state index contributed by atoms with van der Waals surface area (Å²) in [5, 5.41) is 24.3. The molecule has 3 aromatic carbocycles. The zero-order chi connectivity index (χ0) is 23.4. The fourth-order valence-electron chi connectivity index (χ4n) is 4.50. The smallest absolute Gasteiger partial charge is 0.308 e. The van der Waals surface area contributed by atoms with E-state index in [-0.39, 0.29) is 11.4 Å².